The van der Waals surface area contributed by atoms with Gasteiger partial charge in [-0.3, -0.25) is 23.5 Å². The highest BCUT2D eigenvalue weighted by atomic mass is 19.1. The molecule has 3 aromatic rings. The van der Waals surface area contributed by atoms with Crippen molar-refractivity contribution >= 4 is 16.8 Å². The molecule has 1 N–H and O–H groups in total. The van der Waals surface area contributed by atoms with Crippen molar-refractivity contribution in [3.05, 3.63) is 74.0 Å². The van der Waals surface area contributed by atoms with Crippen LogP contribution in [0.5, 0.6) is 5.75 Å². The average Bonchev–Trinajstić information content (AvgIpc) is 3.23. The number of fused-ring (bicyclic) bond motifs is 1. The van der Waals surface area contributed by atoms with E-state index in [1.165, 1.54) is 6.07 Å². The largest absolute Gasteiger partial charge is 0.482 e. The molecule has 1 aromatic carbocycles. The first kappa shape index (κ1) is 22.2. The van der Waals surface area contributed by atoms with Gasteiger partial charge in [0.25, 0.3) is 11.1 Å². The van der Waals surface area contributed by atoms with Crippen LogP contribution in [0.1, 0.15) is 30.0 Å². The molecule has 3 aliphatic rings. The van der Waals surface area contributed by atoms with Crippen LogP contribution in [0.3, 0.4) is 0 Å². The first-order valence-electron chi connectivity index (χ1n) is 12.1. The summed E-state index contributed by atoms with van der Waals surface area (Å²) in [6.45, 7) is 3.46. The van der Waals surface area contributed by atoms with Crippen LogP contribution in [-0.4, -0.2) is 52.1 Å². The maximum absolute atomic E-state index is 14.4. The number of nitrogens with zero attached hydrogens (tertiary/aromatic N) is 3. The Morgan fingerprint density at radius 3 is 2.60 bits per heavy atom. The number of aromatic nitrogens is 2. The molecule has 0 bridgehead atoms. The van der Waals surface area contributed by atoms with Crippen molar-refractivity contribution in [3.8, 4) is 5.75 Å². The lowest BCUT2D eigenvalue weighted by Crippen LogP contribution is -2.44. The first-order chi connectivity index (χ1) is 17.0. The van der Waals surface area contributed by atoms with Gasteiger partial charge in [0.1, 0.15) is 12.3 Å². The second-order valence-electron chi connectivity index (χ2n) is 9.78. The Labute approximate surface area is 200 Å². The number of piperidine rings is 1. The SMILES string of the molecule is O=C1COc2c(F)cc(CNC3CCN(C[C@@H]4Cn5c(=O)ccc6ccc(=O)n4c65)CC3)cc2C1. The zero-order valence-electron chi connectivity index (χ0n) is 19.3. The first-order valence-corrected chi connectivity index (χ1v) is 12.1. The summed E-state index contributed by atoms with van der Waals surface area (Å²) in [4.78, 5) is 39.0. The molecule has 8 nitrogen and oxygen atoms in total. The van der Waals surface area contributed by atoms with Gasteiger partial charge in [-0.05, 0) is 49.7 Å². The number of hydrogen-bond acceptors (Lipinski definition) is 6. The lowest BCUT2D eigenvalue weighted by Gasteiger charge is -2.34. The smallest absolute Gasteiger partial charge is 0.252 e. The Morgan fingerprint density at radius 2 is 1.80 bits per heavy atom. The fourth-order valence-corrected chi connectivity index (χ4v) is 5.70. The van der Waals surface area contributed by atoms with Gasteiger partial charge in [0.15, 0.2) is 17.3 Å². The van der Waals surface area contributed by atoms with Gasteiger partial charge in [0, 0.05) is 55.2 Å². The van der Waals surface area contributed by atoms with Crippen molar-refractivity contribution in [3.63, 3.8) is 0 Å². The topological polar surface area (TPSA) is 85.6 Å². The van der Waals surface area contributed by atoms with Crippen molar-refractivity contribution in [2.45, 2.75) is 44.4 Å². The quantitative estimate of drug-likeness (QED) is 0.600. The maximum Gasteiger partial charge on any atom is 0.252 e. The van der Waals surface area contributed by atoms with Gasteiger partial charge in [-0.25, -0.2) is 4.39 Å². The Hall–Kier alpha value is -3.30. The van der Waals surface area contributed by atoms with Gasteiger partial charge >= 0.3 is 0 Å². The number of carbonyl (C=O) groups excluding carboxylic acids is 1. The molecule has 35 heavy (non-hydrogen) atoms. The fourth-order valence-electron chi connectivity index (χ4n) is 5.70. The molecule has 0 aliphatic carbocycles. The Kier molecular flexibility index (Phi) is 5.53. The van der Waals surface area contributed by atoms with E-state index in [0.29, 0.717) is 24.7 Å². The molecular formula is C26H27FN4O4. The summed E-state index contributed by atoms with van der Waals surface area (Å²) in [5.74, 6) is -0.251. The van der Waals surface area contributed by atoms with E-state index in [0.717, 1.165) is 49.1 Å². The number of hydrogen-bond donors (Lipinski definition) is 1. The van der Waals surface area contributed by atoms with E-state index in [1.54, 1.807) is 33.4 Å². The molecule has 0 radical (unpaired) electrons. The van der Waals surface area contributed by atoms with E-state index in [-0.39, 0.29) is 41.7 Å². The molecule has 1 atom stereocenters. The third kappa shape index (κ3) is 4.08. The van der Waals surface area contributed by atoms with Crippen LogP contribution in [0.25, 0.3) is 11.0 Å². The summed E-state index contributed by atoms with van der Waals surface area (Å²) < 4.78 is 23.1. The number of nitrogens with one attached hydrogen (secondary N) is 1. The van der Waals surface area contributed by atoms with E-state index < -0.39 is 5.82 Å². The second kappa shape index (κ2) is 8.73. The van der Waals surface area contributed by atoms with Crippen molar-refractivity contribution in [2.75, 3.05) is 26.2 Å². The second-order valence-corrected chi connectivity index (χ2v) is 9.78. The molecule has 3 aliphatic heterocycles. The molecule has 6 rings (SSSR count). The third-order valence-corrected chi connectivity index (χ3v) is 7.41. The number of halogens is 1. The molecule has 0 amide bonds. The fraction of sp³-hybridized carbons (Fsp3) is 0.423. The zero-order chi connectivity index (χ0) is 24.1. The molecule has 1 fully saturated rings. The minimum absolute atomic E-state index is 0.0388. The molecule has 9 heteroatoms. The lowest BCUT2D eigenvalue weighted by molar-refractivity contribution is -0.121. The zero-order valence-corrected chi connectivity index (χ0v) is 19.3. The van der Waals surface area contributed by atoms with E-state index >= 15 is 0 Å². The number of carbonyl (C=O) groups is 1. The Bertz CT molecular complexity index is 1430. The number of benzene rings is 1. The van der Waals surface area contributed by atoms with Gasteiger partial charge in [-0.2, -0.15) is 0 Å². The van der Waals surface area contributed by atoms with Gasteiger partial charge in [-0.15, -0.1) is 0 Å². The van der Waals surface area contributed by atoms with Gasteiger partial charge in [0.2, 0.25) is 0 Å². The molecule has 0 unspecified atom stereocenters. The minimum atomic E-state index is -0.413. The molecule has 1 saturated heterocycles. The predicted octanol–water partition coefficient (Wildman–Crippen LogP) is 1.62. The molecule has 5 heterocycles. The molecule has 0 spiro atoms. The van der Waals surface area contributed by atoms with Crippen molar-refractivity contribution < 1.29 is 13.9 Å². The summed E-state index contributed by atoms with van der Waals surface area (Å²) in [5, 5.41) is 4.43. The summed E-state index contributed by atoms with van der Waals surface area (Å²) >= 11 is 0. The number of pyridine rings is 2. The number of ketones is 1. The third-order valence-electron chi connectivity index (χ3n) is 7.41. The lowest BCUT2D eigenvalue weighted by atomic mass is 10.0. The number of likely N-dealkylation sites (tertiary alicyclic amines) is 1. The average molecular weight is 479 g/mol. The monoisotopic (exact) mass is 478 g/mol. The summed E-state index contributed by atoms with van der Waals surface area (Å²) in [5.41, 5.74) is 2.01. The van der Waals surface area contributed by atoms with E-state index in [4.69, 9.17) is 4.74 Å². The number of rotatable bonds is 5. The van der Waals surface area contributed by atoms with E-state index in [1.807, 2.05) is 6.07 Å². The molecular weight excluding hydrogens is 451 g/mol. The van der Waals surface area contributed by atoms with Gasteiger partial charge in [0.05, 0.1) is 6.04 Å². The number of ether oxygens (including phenoxy) is 1. The summed E-state index contributed by atoms with van der Waals surface area (Å²) in [6, 6.07) is 10.3. The molecule has 0 saturated carbocycles. The maximum atomic E-state index is 14.4. The van der Waals surface area contributed by atoms with E-state index in [2.05, 4.69) is 10.2 Å². The van der Waals surface area contributed by atoms with Crippen molar-refractivity contribution in [2.24, 2.45) is 0 Å². The van der Waals surface area contributed by atoms with Gasteiger partial charge < -0.3 is 15.0 Å². The van der Waals surface area contributed by atoms with Gasteiger partial charge in [-0.1, -0.05) is 6.07 Å². The Morgan fingerprint density at radius 1 is 1.03 bits per heavy atom. The molecule has 182 valence electrons. The predicted molar refractivity (Wildman–Crippen MR) is 128 cm³/mol. The van der Waals surface area contributed by atoms with Crippen LogP contribution in [-0.2, 0) is 24.3 Å². The highest BCUT2D eigenvalue weighted by Crippen LogP contribution is 2.29. The Balaban J connectivity index is 1.07. The van der Waals surface area contributed by atoms with Crippen LogP contribution < -0.4 is 21.2 Å². The van der Waals surface area contributed by atoms with Crippen LogP contribution in [0.4, 0.5) is 4.39 Å². The van der Waals surface area contributed by atoms with Crippen LogP contribution in [0, 0.1) is 5.82 Å². The van der Waals surface area contributed by atoms with Crippen LogP contribution >= 0.6 is 0 Å². The van der Waals surface area contributed by atoms with Crippen molar-refractivity contribution in [1.29, 1.82) is 0 Å². The number of Topliss-reactive ketones (excluding diaryl/α,β-unsaturated/α-hetero) is 1. The van der Waals surface area contributed by atoms with Crippen molar-refractivity contribution in [1.82, 2.24) is 19.4 Å². The highest BCUT2D eigenvalue weighted by Gasteiger charge is 2.29. The highest BCUT2D eigenvalue weighted by molar-refractivity contribution is 5.84. The minimum Gasteiger partial charge on any atom is -0.482 e. The summed E-state index contributed by atoms with van der Waals surface area (Å²) in [7, 11) is 0. The molecule has 2 aromatic heterocycles. The normalized spacial score (nSPS) is 20.3. The summed E-state index contributed by atoms with van der Waals surface area (Å²) in [6.07, 6.45) is 2.09. The van der Waals surface area contributed by atoms with E-state index in [9.17, 15) is 18.8 Å². The standard InChI is InChI=1S/C26H27FN4O4/c27-22-10-16(9-18-11-21(32)15-35-25(18)22)12-28-19-5-7-29(8-6-19)13-20-14-30-23(33)3-1-17-2-4-24(34)31(20)26(17)30/h1-4,9-10,19-20,28H,5-8,11-15H2/t20-/m1/s1. The van der Waals surface area contributed by atoms with Crippen LogP contribution in [0.2, 0.25) is 0 Å². The van der Waals surface area contributed by atoms with Crippen LogP contribution in [0.15, 0.2) is 46.0 Å².